The van der Waals surface area contributed by atoms with Crippen LogP contribution in [0.2, 0.25) is 0 Å². The Morgan fingerprint density at radius 1 is 1.12 bits per heavy atom. The van der Waals surface area contributed by atoms with Gasteiger partial charge in [0, 0.05) is 25.2 Å². The van der Waals surface area contributed by atoms with Crippen molar-refractivity contribution in [3.63, 3.8) is 0 Å². The van der Waals surface area contributed by atoms with Gasteiger partial charge < -0.3 is 35.5 Å². The van der Waals surface area contributed by atoms with Crippen molar-refractivity contribution in [1.82, 2.24) is 20.5 Å². The second kappa shape index (κ2) is 15.3. The Morgan fingerprint density at radius 2 is 1.85 bits per heavy atom. The topological polar surface area (TPSA) is 153 Å². The number of aromatic nitrogens is 1. The summed E-state index contributed by atoms with van der Waals surface area (Å²) in [6.45, 7) is 7.08. The molecule has 0 bridgehead atoms. The summed E-state index contributed by atoms with van der Waals surface area (Å²) in [6.07, 6.45) is 7.59. The third-order valence-corrected chi connectivity index (χ3v) is 7.93. The van der Waals surface area contributed by atoms with Gasteiger partial charge in [-0.1, -0.05) is 46.1 Å². The fourth-order valence-corrected chi connectivity index (χ4v) is 5.69. The summed E-state index contributed by atoms with van der Waals surface area (Å²) in [5.74, 6) is -0.168. The van der Waals surface area contributed by atoms with E-state index in [1.54, 1.807) is 11.0 Å². The number of hydrogen-bond donors (Lipinski definition) is 3. The number of anilines is 1. The minimum Gasteiger partial charge on any atom is -0.384 e. The fourth-order valence-electron chi connectivity index (χ4n) is 5.69. The van der Waals surface area contributed by atoms with Crippen LogP contribution in [-0.4, -0.2) is 85.5 Å². The second-order valence-electron chi connectivity index (χ2n) is 12.2. The molecule has 3 amide bonds. The molecule has 4 N–H and O–H groups in total. The number of likely N-dealkylation sites (tertiary alicyclic amines) is 1. The average Bonchev–Trinajstić information content (AvgIpc) is 3.42. The first-order valence-electron chi connectivity index (χ1n) is 14.8. The Bertz CT molecular complexity index is 1040. The third-order valence-electron chi connectivity index (χ3n) is 7.93. The number of ether oxygens (including phenoxy) is 2. The molecule has 3 rings (SSSR count). The van der Waals surface area contributed by atoms with Gasteiger partial charge in [0.05, 0.1) is 31.3 Å². The molecule has 0 aromatic carbocycles. The quantitative estimate of drug-likeness (QED) is 0.226. The molecule has 2 aliphatic rings. The van der Waals surface area contributed by atoms with Crippen molar-refractivity contribution < 1.29 is 28.7 Å². The number of amides is 3. The Morgan fingerprint density at radius 3 is 2.54 bits per heavy atom. The molecule has 1 aliphatic heterocycles. The van der Waals surface area contributed by atoms with Gasteiger partial charge in [0.1, 0.15) is 24.8 Å². The number of nitrogen functional groups attached to an aromatic ring is 1. The van der Waals surface area contributed by atoms with Crippen molar-refractivity contribution in [2.45, 2.75) is 84.2 Å². The fraction of sp³-hybridized carbons (Fsp3) is 0.700. The molecule has 11 heteroatoms. The lowest BCUT2D eigenvalue weighted by Gasteiger charge is -2.35. The predicted molar refractivity (Wildman–Crippen MR) is 155 cm³/mol. The molecule has 41 heavy (non-hydrogen) atoms. The zero-order chi connectivity index (χ0) is 29.9. The molecule has 1 unspecified atom stereocenters. The summed E-state index contributed by atoms with van der Waals surface area (Å²) < 4.78 is 11.0. The Hall–Kier alpha value is -3.05. The normalized spacial score (nSPS) is 19.4. The summed E-state index contributed by atoms with van der Waals surface area (Å²) >= 11 is 0. The van der Waals surface area contributed by atoms with E-state index in [0.29, 0.717) is 38.4 Å². The molecule has 11 nitrogen and oxygen atoms in total. The minimum absolute atomic E-state index is 0.0225. The first-order valence-corrected chi connectivity index (χ1v) is 14.8. The predicted octanol–water partition coefficient (Wildman–Crippen LogP) is 2.03. The first-order chi connectivity index (χ1) is 19.6. The Balaban J connectivity index is 1.35. The number of nitrogens with one attached hydrogen (secondary N) is 2. The highest BCUT2D eigenvalue weighted by Gasteiger charge is 2.40. The molecule has 1 saturated heterocycles. The lowest BCUT2D eigenvalue weighted by atomic mass is 9.70. The Labute approximate surface area is 243 Å². The van der Waals surface area contributed by atoms with Crippen molar-refractivity contribution in [3.05, 3.63) is 23.9 Å². The van der Waals surface area contributed by atoms with Crippen LogP contribution in [0.25, 0.3) is 0 Å². The largest absolute Gasteiger partial charge is 0.384 e. The van der Waals surface area contributed by atoms with Gasteiger partial charge in [-0.2, -0.15) is 0 Å². The van der Waals surface area contributed by atoms with E-state index >= 15 is 0 Å². The smallest absolute Gasteiger partial charge is 0.246 e. The van der Waals surface area contributed by atoms with E-state index in [2.05, 4.69) is 15.6 Å². The third kappa shape index (κ3) is 9.49. The van der Waals surface area contributed by atoms with E-state index in [9.17, 15) is 19.2 Å². The number of carbonyl (C=O) groups excluding carboxylic acids is 4. The molecule has 0 radical (unpaired) electrons. The first kappa shape index (κ1) is 32.5. The van der Waals surface area contributed by atoms with E-state index in [-0.39, 0.29) is 31.6 Å². The molecule has 228 valence electrons. The minimum atomic E-state index is -0.763. The molecule has 1 aromatic heterocycles. The van der Waals surface area contributed by atoms with Crippen molar-refractivity contribution in [3.8, 4) is 0 Å². The van der Waals surface area contributed by atoms with Gasteiger partial charge >= 0.3 is 0 Å². The molecule has 1 saturated carbocycles. The van der Waals surface area contributed by atoms with Crippen LogP contribution in [0.4, 0.5) is 5.82 Å². The summed E-state index contributed by atoms with van der Waals surface area (Å²) in [5.41, 5.74) is 5.66. The number of carbonyl (C=O) groups is 4. The van der Waals surface area contributed by atoms with Crippen LogP contribution < -0.4 is 16.4 Å². The SMILES string of the molecule is CC(C)(C)C(NC(=O)COCCOCCNC(=O)C1(Cc2cccc(N)n2)CCCCC1)C(=O)N1CCC[C@H]1C=O. The summed E-state index contributed by atoms with van der Waals surface area (Å²) in [7, 11) is 0. The molecular formula is C30H47N5O6. The summed E-state index contributed by atoms with van der Waals surface area (Å²) in [4.78, 5) is 56.1. The number of nitrogens with two attached hydrogens (primary N) is 1. The second-order valence-corrected chi connectivity index (χ2v) is 12.2. The van der Waals surface area contributed by atoms with Crippen molar-refractivity contribution in [2.24, 2.45) is 10.8 Å². The number of pyridine rings is 1. The van der Waals surface area contributed by atoms with Gasteiger partial charge in [-0.15, -0.1) is 0 Å². The maximum absolute atomic E-state index is 13.2. The van der Waals surface area contributed by atoms with Crippen LogP contribution in [-0.2, 0) is 35.1 Å². The highest BCUT2D eigenvalue weighted by Crippen LogP contribution is 2.39. The monoisotopic (exact) mass is 573 g/mol. The van der Waals surface area contributed by atoms with Crippen molar-refractivity contribution >= 4 is 29.8 Å². The highest BCUT2D eigenvalue weighted by atomic mass is 16.5. The standard InChI is InChI=1S/C30H47N5O6/c1-29(2,3)26(27(38)35-15-8-10-23(35)20-36)34-25(37)21-41-18-17-40-16-14-32-28(39)30(12-5-4-6-13-30)19-22-9-7-11-24(31)33-22/h7,9,11,20,23,26H,4-6,8,10,12-19,21H2,1-3H3,(H2,31,33)(H,32,39)(H,34,37)/t23-,26?/m0/s1. The zero-order valence-electron chi connectivity index (χ0n) is 24.8. The lowest BCUT2D eigenvalue weighted by molar-refractivity contribution is -0.142. The van der Waals surface area contributed by atoms with Gasteiger partial charge in [0.15, 0.2) is 0 Å². The van der Waals surface area contributed by atoms with Gasteiger partial charge in [-0.05, 0) is 43.2 Å². The maximum atomic E-state index is 13.2. The highest BCUT2D eigenvalue weighted by molar-refractivity contribution is 5.90. The lowest BCUT2D eigenvalue weighted by Crippen LogP contribution is -2.56. The van der Waals surface area contributed by atoms with Crippen molar-refractivity contribution in [2.75, 3.05) is 45.3 Å². The van der Waals surface area contributed by atoms with E-state index in [4.69, 9.17) is 15.2 Å². The van der Waals surface area contributed by atoms with Crippen LogP contribution in [0.3, 0.4) is 0 Å². The average molecular weight is 574 g/mol. The van der Waals surface area contributed by atoms with Gasteiger partial charge in [-0.25, -0.2) is 4.98 Å². The molecule has 1 aromatic rings. The molecule has 2 heterocycles. The van der Waals surface area contributed by atoms with Crippen LogP contribution in [0.1, 0.15) is 71.4 Å². The molecule has 1 aliphatic carbocycles. The molecule has 0 spiro atoms. The van der Waals surface area contributed by atoms with E-state index in [1.165, 1.54) is 0 Å². The van der Waals surface area contributed by atoms with Crippen LogP contribution >= 0.6 is 0 Å². The van der Waals surface area contributed by atoms with Crippen molar-refractivity contribution in [1.29, 1.82) is 0 Å². The number of nitrogens with zero attached hydrogens (tertiary/aromatic N) is 2. The molecule has 2 atom stereocenters. The zero-order valence-corrected chi connectivity index (χ0v) is 24.8. The number of hydrogen-bond acceptors (Lipinski definition) is 8. The van der Waals surface area contributed by atoms with Gasteiger partial charge in [0.25, 0.3) is 0 Å². The van der Waals surface area contributed by atoms with Gasteiger partial charge in [0.2, 0.25) is 17.7 Å². The maximum Gasteiger partial charge on any atom is 0.246 e. The Kier molecular flexibility index (Phi) is 12.1. The van der Waals surface area contributed by atoms with E-state index in [1.807, 2.05) is 32.9 Å². The van der Waals surface area contributed by atoms with Crippen LogP contribution in [0, 0.1) is 10.8 Å². The number of aldehydes is 1. The summed E-state index contributed by atoms with van der Waals surface area (Å²) in [6, 6.07) is 4.33. The molecular weight excluding hydrogens is 526 g/mol. The van der Waals surface area contributed by atoms with Crippen LogP contribution in [0.15, 0.2) is 18.2 Å². The molecule has 2 fully saturated rings. The van der Waals surface area contributed by atoms with Gasteiger partial charge in [-0.3, -0.25) is 14.4 Å². The number of rotatable bonds is 14. The van der Waals surface area contributed by atoms with E-state index < -0.39 is 28.8 Å². The van der Waals surface area contributed by atoms with Crippen LogP contribution in [0.5, 0.6) is 0 Å². The van der Waals surface area contributed by atoms with E-state index in [0.717, 1.165) is 50.5 Å². The summed E-state index contributed by atoms with van der Waals surface area (Å²) in [5, 5.41) is 5.81.